The van der Waals surface area contributed by atoms with Gasteiger partial charge in [-0.2, -0.15) is 18.4 Å². The highest BCUT2D eigenvalue weighted by molar-refractivity contribution is 7.81. The molecule has 1 N–H and O–H groups in total. The third kappa shape index (κ3) is 4.62. The van der Waals surface area contributed by atoms with Crippen LogP contribution in [0.5, 0.6) is 0 Å². The number of nitrogens with zero attached hydrogens (tertiary/aromatic N) is 4. The average Bonchev–Trinajstić information content (AvgIpc) is 3.07. The number of rotatable bonds is 7. The van der Waals surface area contributed by atoms with Crippen molar-refractivity contribution in [2.45, 2.75) is 37.4 Å². The lowest BCUT2D eigenvalue weighted by Crippen LogP contribution is -2.55. The van der Waals surface area contributed by atoms with Crippen molar-refractivity contribution < 1.29 is 31.9 Å². The second-order valence-electron chi connectivity index (χ2n) is 8.61. The van der Waals surface area contributed by atoms with Crippen molar-refractivity contribution in [1.29, 1.82) is 5.26 Å². The number of nitrogens with one attached hydrogen (secondary N) is 1. The monoisotopic (exact) mass is 535 g/mol. The van der Waals surface area contributed by atoms with Crippen molar-refractivity contribution in [1.82, 2.24) is 10.3 Å². The highest BCUT2D eigenvalue weighted by Gasteiger charge is 2.59. The number of carbonyl (C=O) groups excluding carboxylic acids is 2. The van der Waals surface area contributed by atoms with E-state index < -0.39 is 40.6 Å². The first-order chi connectivity index (χ1) is 17.5. The van der Waals surface area contributed by atoms with Gasteiger partial charge in [0.05, 0.1) is 23.0 Å². The quantitative estimate of drug-likeness (QED) is 0.326. The average molecular weight is 536 g/mol. The Morgan fingerprint density at radius 1 is 1.30 bits per heavy atom. The molecule has 2 heterocycles. The number of benzene rings is 1. The lowest BCUT2D eigenvalue weighted by Gasteiger charge is -2.43. The summed E-state index contributed by atoms with van der Waals surface area (Å²) in [5.74, 6) is -2.03. The fraction of sp³-hybridized carbons (Fsp3) is 0.375. The fourth-order valence-corrected chi connectivity index (χ4v) is 4.90. The Morgan fingerprint density at radius 2 is 2.03 bits per heavy atom. The van der Waals surface area contributed by atoms with Crippen LogP contribution in [0.4, 0.5) is 28.9 Å². The zero-order valence-corrected chi connectivity index (χ0v) is 20.4. The number of hydrogen-bond acceptors (Lipinski definition) is 6. The summed E-state index contributed by atoms with van der Waals surface area (Å²) >= 11 is 5.50. The summed E-state index contributed by atoms with van der Waals surface area (Å²) in [6, 6.07) is 5.83. The van der Waals surface area contributed by atoms with E-state index in [1.807, 2.05) is 0 Å². The minimum Gasteiger partial charge on any atom is -0.385 e. The second-order valence-corrected chi connectivity index (χ2v) is 8.97. The molecule has 1 aromatic carbocycles. The number of carbonyl (C=O) groups is 2. The van der Waals surface area contributed by atoms with E-state index in [2.05, 4.69) is 10.3 Å². The van der Waals surface area contributed by atoms with Crippen LogP contribution in [0.25, 0.3) is 0 Å². The Kier molecular flexibility index (Phi) is 7.16. The smallest absolute Gasteiger partial charge is 0.385 e. The molecule has 2 aliphatic rings. The Balaban J connectivity index is 1.67. The number of aromatic nitrogens is 1. The van der Waals surface area contributed by atoms with E-state index in [0.29, 0.717) is 38.4 Å². The number of alkyl halides is 3. The summed E-state index contributed by atoms with van der Waals surface area (Å²) in [5, 5.41) is 11.5. The van der Waals surface area contributed by atoms with E-state index in [4.69, 9.17) is 22.2 Å². The Labute approximate surface area is 214 Å². The number of pyridine rings is 1. The molecule has 13 heteroatoms. The normalized spacial score (nSPS) is 16.6. The third-order valence-corrected chi connectivity index (χ3v) is 6.77. The minimum atomic E-state index is -4.88. The largest absolute Gasteiger partial charge is 0.419 e. The number of nitriles is 1. The van der Waals surface area contributed by atoms with Gasteiger partial charge in [0.2, 0.25) is 0 Å². The molecule has 194 valence electrons. The number of amides is 2. The molecule has 0 radical (unpaired) electrons. The molecule has 4 rings (SSSR count). The van der Waals surface area contributed by atoms with E-state index in [-0.39, 0.29) is 28.6 Å². The Morgan fingerprint density at radius 3 is 2.59 bits per heavy atom. The highest BCUT2D eigenvalue weighted by atomic mass is 32.1. The van der Waals surface area contributed by atoms with Crippen LogP contribution in [-0.2, 0) is 15.7 Å². The number of anilines is 2. The van der Waals surface area contributed by atoms with Gasteiger partial charge in [0.25, 0.3) is 11.8 Å². The SMILES string of the molecule is COCCCNC(=O)c1ccc(N2C(=S)N(c3cnc(C#N)c(C(F)(F)F)c3)C(=O)C23CCC3)cc1F. The molecular weight excluding hydrogens is 514 g/mol. The molecule has 1 aromatic heterocycles. The number of methoxy groups -OCH3 is 1. The molecule has 2 fully saturated rings. The molecule has 1 saturated carbocycles. The molecule has 1 saturated heterocycles. The van der Waals surface area contributed by atoms with Gasteiger partial charge in [-0.1, -0.05) is 0 Å². The number of hydrogen-bond donors (Lipinski definition) is 1. The third-order valence-electron chi connectivity index (χ3n) is 6.40. The van der Waals surface area contributed by atoms with E-state index in [9.17, 15) is 27.2 Å². The van der Waals surface area contributed by atoms with E-state index in [0.717, 1.165) is 17.2 Å². The van der Waals surface area contributed by atoms with Crippen molar-refractivity contribution in [2.24, 2.45) is 0 Å². The van der Waals surface area contributed by atoms with Crippen molar-refractivity contribution in [3.05, 3.63) is 53.1 Å². The molecule has 1 aliphatic heterocycles. The van der Waals surface area contributed by atoms with Gasteiger partial charge in [-0.3, -0.25) is 14.5 Å². The standard InChI is InChI=1S/C24H21F4N5O3S/c1-36-9-3-8-30-20(34)16-5-4-14(11-18(16)25)33-22(37)32(21(35)23(33)6-2-7-23)15-10-17(24(26,27)28)19(12-29)31-13-15/h4-5,10-11,13H,2-3,6-9H2,1H3,(H,30,34). The molecule has 2 amide bonds. The summed E-state index contributed by atoms with van der Waals surface area (Å²) in [6.07, 6.45) is -2.00. The lowest BCUT2D eigenvalue weighted by atomic mass is 9.75. The maximum Gasteiger partial charge on any atom is 0.419 e. The first-order valence-electron chi connectivity index (χ1n) is 11.3. The fourth-order valence-electron chi connectivity index (χ4n) is 4.43. The van der Waals surface area contributed by atoms with Gasteiger partial charge in [0.1, 0.15) is 17.4 Å². The predicted octanol–water partition coefficient (Wildman–Crippen LogP) is 3.94. The van der Waals surface area contributed by atoms with Gasteiger partial charge in [-0.15, -0.1) is 0 Å². The van der Waals surface area contributed by atoms with Crippen molar-refractivity contribution >= 4 is 40.5 Å². The summed E-state index contributed by atoms with van der Waals surface area (Å²) in [6.45, 7) is 0.717. The summed E-state index contributed by atoms with van der Waals surface area (Å²) in [4.78, 5) is 31.8. The van der Waals surface area contributed by atoms with Crippen LogP contribution in [0.15, 0.2) is 30.5 Å². The number of thiocarbonyl (C=S) groups is 1. The van der Waals surface area contributed by atoms with Gasteiger partial charge in [0, 0.05) is 25.9 Å². The van der Waals surface area contributed by atoms with Crippen LogP contribution < -0.4 is 15.1 Å². The predicted molar refractivity (Wildman–Crippen MR) is 128 cm³/mol. The molecule has 0 bridgehead atoms. The number of ether oxygens (including phenoxy) is 1. The van der Waals surface area contributed by atoms with Gasteiger partial charge in [-0.05, 0) is 62.2 Å². The summed E-state index contributed by atoms with van der Waals surface area (Å²) in [5.41, 5.74) is -3.59. The lowest BCUT2D eigenvalue weighted by molar-refractivity contribution is -0.138. The molecule has 37 heavy (non-hydrogen) atoms. The topological polar surface area (TPSA) is 98.6 Å². The van der Waals surface area contributed by atoms with Crippen LogP contribution in [-0.4, -0.2) is 47.7 Å². The molecule has 0 unspecified atom stereocenters. The van der Waals surface area contributed by atoms with E-state index >= 15 is 0 Å². The first kappa shape index (κ1) is 26.4. The van der Waals surface area contributed by atoms with Gasteiger partial charge in [-0.25, -0.2) is 9.37 Å². The second kappa shape index (κ2) is 10.0. The maximum absolute atomic E-state index is 15.0. The van der Waals surface area contributed by atoms with Crippen LogP contribution in [0.3, 0.4) is 0 Å². The Hall–Kier alpha value is -3.63. The molecule has 1 aliphatic carbocycles. The van der Waals surface area contributed by atoms with Crippen molar-refractivity contribution in [3.63, 3.8) is 0 Å². The molecule has 8 nitrogen and oxygen atoms in total. The Bertz CT molecular complexity index is 1310. The maximum atomic E-state index is 15.0. The van der Waals surface area contributed by atoms with Crippen LogP contribution in [0.1, 0.15) is 47.3 Å². The molecule has 1 spiro atoms. The zero-order valence-electron chi connectivity index (χ0n) is 19.6. The van der Waals surface area contributed by atoms with Crippen molar-refractivity contribution in [2.75, 3.05) is 30.1 Å². The highest BCUT2D eigenvalue weighted by Crippen LogP contribution is 2.48. The molecule has 0 atom stereocenters. The number of halogens is 4. The summed E-state index contributed by atoms with van der Waals surface area (Å²) in [7, 11) is 1.52. The van der Waals surface area contributed by atoms with Crippen LogP contribution in [0, 0.1) is 17.1 Å². The van der Waals surface area contributed by atoms with Gasteiger partial charge >= 0.3 is 6.18 Å². The minimum absolute atomic E-state index is 0.152. The van der Waals surface area contributed by atoms with E-state index in [1.54, 1.807) is 0 Å². The van der Waals surface area contributed by atoms with Crippen LogP contribution >= 0.6 is 12.2 Å². The molecular formula is C24H21F4N5O3S. The first-order valence-corrected chi connectivity index (χ1v) is 11.7. The van der Waals surface area contributed by atoms with Crippen LogP contribution in [0.2, 0.25) is 0 Å². The van der Waals surface area contributed by atoms with Gasteiger partial charge < -0.3 is 15.0 Å². The van der Waals surface area contributed by atoms with Gasteiger partial charge in [0.15, 0.2) is 10.8 Å². The zero-order chi connectivity index (χ0) is 27.0. The van der Waals surface area contributed by atoms with Crippen molar-refractivity contribution in [3.8, 4) is 6.07 Å². The van der Waals surface area contributed by atoms with E-state index in [1.165, 1.54) is 30.2 Å². The summed E-state index contributed by atoms with van der Waals surface area (Å²) < 4.78 is 60.4. The molecule has 2 aromatic rings.